The smallest absolute Gasteiger partial charge is 0.0741 e. The first-order valence-electron chi connectivity index (χ1n) is 6.20. The molecule has 0 aliphatic heterocycles. The van der Waals surface area contributed by atoms with E-state index in [1.807, 2.05) is 13.8 Å². The Morgan fingerprint density at radius 3 is 2.24 bits per heavy atom. The molecule has 0 aromatic heterocycles. The standard InChI is InChI=1S/C12H27NO4/c1-4-12(2,14)11-13-5-6-16-9-10-17-8-7-15-3/h13-14H,4-11H2,1-3H3. The molecule has 5 nitrogen and oxygen atoms in total. The summed E-state index contributed by atoms with van der Waals surface area (Å²) in [6.07, 6.45) is 0.744. The molecule has 5 heteroatoms. The van der Waals surface area contributed by atoms with Crippen LogP contribution in [0.15, 0.2) is 0 Å². The van der Waals surface area contributed by atoms with Gasteiger partial charge in [0.1, 0.15) is 0 Å². The third-order valence-electron chi connectivity index (χ3n) is 2.49. The average Bonchev–Trinajstić information content (AvgIpc) is 2.31. The van der Waals surface area contributed by atoms with E-state index in [1.165, 1.54) is 0 Å². The predicted octanol–water partition coefficient (Wildman–Crippen LogP) is 0.417. The highest BCUT2D eigenvalue weighted by Gasteiger charge is 2.15. The van der Waals surface area contributed by atoms with Gasteiger partial charge in [0.15, 0.2) is 0 Å². The average molecular weight is 249 g/mol. The fraction of sp³-hybridized carbons (Fsp3) is 1.00. The lowest BCUT2D eigenvalue weighted by atomic mass is 10.0. The second kappa shape index (κ2) is 10.9. The summed E-state index contributed by atoms with van der Waals surface area (Å²) in [6, 6.07) is 0. The number of aliphatic hydroxyl groups is 1. The van der Waals surface area contributed by atoms with Crippen LogP contribution >= 0.6 is 0 Å². The van der Waals surface area contributed by atoms with Crippen molar-refractivity contribution in [1.29, 1.82) is 0 Å². The Hall–Kier alpha value is -0.200. The van der Waals surface area contributed by atoms with E-state index in [9.17, 15) is 5.11 Å². The number of methoxy groups -OCH3 is 1. The van der Waals surface area contributed by atoms with Crippen LogP contribution in [0.3, 0.4) is 0 Å². The fourth-order valence-electron chi connectivity index (χ4n) is 1.09. The van der Waals surface area contributed by atoms with Crippen LogP contribution in [0.2, 0.25) is 0 Å². The van der Waals surface area contributed by atoms with Gasteiger partial charge in [-0.1, -0.05) is 6.92 Å². The zero-order valence-electron chi connectivity index (χ0n) is 11.3. The first kappa shape index (κ1) is 16.8. The Morgan fingerprint density at radius 1 is 1.06 bits per heavy atom. The van der Waals surface area contributed by atoms with E-state index in [2.05, 4.69) is 5.32 Å². The van der Waals surface area contributed by atoms with Gasteiger partial charge in [0.25, 0.3) is 0 Å². The summed E-state index contributed by atoms with van der Waals surface area (Å²) in [5.41, 5.74) is -0.622. The van der Waals surface area contributed by atoms with E-state index >= 15 is 0 Å². The van der Waals surface area contributed by atoms with Crippen LogP contribution in [0.5, 0.6) is 0 Å². The molecular weight excluding hydrogens is 222 g/mol. The van der Waals surface area contributed by atoms with Gasteiger partial charge in [-0.15, -0.1) is 0 Å². The second-order valence-electron chi connectivity index (χ2n) is 4.24. The van der Waals surface area contributed by atoms with E-state index in [0.717, 1.165) is 13.0 Å². The number of nitrogens with one attached hydrogen (secondary N) is 1. The van der Waals surface area contributed by atoms with Crippen molar-refractivity contribution in [2.75, 3.05) is 53.2 Å². The Morgan fingerprint density at radius 2 is 1.65 bits per heavy atom. The van der Waals surface area contributed by atoms with Crippen molar-refractivity contribution >= 4 is 0 Å². The zero-order chi connectivity index (χ0) is 13.0. The van der Waals surface area contributed by atoms with Crippen molar-refractivity contribution in [3.05, 3.63) is 0 Å². The van der Waals surface area contributed by atoms with Gasteiger partial charge in [-0.2, -0.15) is 0 Å². The first-order chi connectivity index (χ1) is 8.12. The lowest BCUT2D eigenvalue weighted by Crippen LogP contribution is -2.38. The Labute approximate surface area is 104 Å². The maximum atomic E-state index is 9.71. The summed E-state index contributed by atoms with van der Waals surface area (Å²) < 4.78 is 15.4. The molecular formula is C12H27NO4. The van der Waals surface area contributed by atoms with Gasteiger partial charge in [0.05, 0.1) is 38.6 Å². The highest BCUT2D eigenvalue weighted by atomic mass is 16.5. The Balaban J connectivity index is 3.09. The highest BCUT2D eigenvalue weighted by molar-refractivity contribution is 4.72. The van der Waals surface area contributed by atoms with Crippen LogP contribution < -0.4 is 5.32 Å². The summed E-state index contributed by atoms with van der Waals surface area (Å²) in [5, 5.41) is 12.9. The molecule has 0 aromatic carbocycles. The van der Waals surface area contributed by atoms with Gasteiger partial charge in [0.2, 0.25) is 0 Å². The highest BCUT2D eigenvalue weighted by Crippen LogP contribution is 2.05. The van der Waals surface area contributed by atoms with Gasteiger partial charge in [0, 0.05) is 20.2 Å². The van der Waals surface area contributed by atoms with Gasteiger partial charge in [-0.25, -0.2) is 0 Å². The van der Waals surface area contributed by atoms with Gasteiger partial charge < -0.3 is 24.6 Å². The van der Waals surface area contributed by atoms with E-state index in [1.54, 1.807) is 7.11 Å². The largest absolute Gasteiger partial charge is 0.389 e. The van der Waals surface area contributed by atoms with Gasteiger partial charge in [-0.3, -0.25) is 0 Å². The Kier molecular flexibility index (Phi) is 10.8. The van der Waals surface area contributed by atoms with Crippen molar-refractivity contribution in [1.82, 2.24) is 5.32 Å². The molecule has 1 unspecified atom stereocenters. The zero-order valence-corrected chi connectivity index (χ0v) is 11.3. The molecule has 0 spiro atoms. The maximum absolute atomic E-state index is 9.71. The molecule has 0 rings (SSSR count). The number of ether oxygens (including phenoxy) is 3. The molecule has 0 amide bonds. The monoisotopic (exact) mass is 249 g/mol. The second-order valence-corrected chi connectivity index (χ2v) is 4.24. The molecule has 0 aromatic rings. The normalized spacial score (nSPS) is 14.8. The molecule has 1 atom stereocenters. The van der Waals surface area contributed by atoms with Crippen molar-refractivity contribution in [3.63, 3.8) is 0 Å². The predicted molar refractivity (Wildman–Crippen MR) is 67.3 cm³/mol. The molecule has 0 saturated carbocycles. The molecule has 0 aliphatic carbocycles. The third kappa shape index (κ3) is 12.1. The summed E-state index contributed by atoms with van der Waals surface area (Å²) in [7, 11) is 1.65. The van der Waals surface area contributed by atoms with Crippen molar-refractivity contribution in [2.45, 2.75) is 25.9 Å². The molecule has 104 valence electrons. The van der Waals surface area contributed by atoms with Gasteiger partial charge in [-0.05, 0) is 13.3 Å². The van der Waals surface area contributed by atoms with E-state index < -0.39 is 5.60 Å². The molecule has 0 heterocycles. The summed E-state index contributed by atoms with van der Waals surface area (Å²) in [6.45, 7) is 8.18. The fourth-order valence-corrected chi connectivity index (χ4v) is 1.09. The lowest BCUT2D eigenvalue weighted by Gasteiger charge is -2.21. The summed E-state index contributed by atoms with van der Waals surface area (Å²) in [5.74, 6) is 0. The van der Waals surface area contributed by atoms with Crippen LogP contribution in [0.25, 0.3) is 0 Å². The Bertz CT molecular complexity index is 165. The summed E-state index contributed by atoms with van der Waals surface area (Å²) in [4.78, 5) is 0. The first-order valence-corrected chi connectivity index (χ1v) is 6.20. The molecule has 2 N–H and O–H groups in total. The van der Waals surface area contributed by atoms with Crippen LogP contribution in [-0.4, -0.2) is 63.9 Å². The summed E-state index contributed by atoms with van der Waals surface area (Å²) >= 11 is 0. The van der Waals surface area contributed by atoms with Crippen LogP contribution in [0.4, 0.5) is 0 Å². The quantitative estimate of drug-likeness (QED) is 0.491. The minimum Gasteiger partial charge on any atom is -0.389 e. The van der Waals surface area contributed by atoms with E-state index in [4.69, 9.17) is 14.2 Å². The van der Waals surface area contributed by atoms with E-state index in [-0.39, 0.29) is 0 Å². The van der Waals surface area contributed by atoms with Crippen molar-refractivity contribution in [3.8, 4) is 0 Å². The molecule has 0 radical (unpaired) electrons. The third-order valence-corrected chi connectivity index (χ3v) is 2.49. The van der Waals surface area contributed by atoms with Gasteiger partial charge >= 0.3 is 0 Å². The van der Waals surface area contributed by atoms with E-state index in [0.29, 0.717) is 39.6 Å². The lowest BCUT2D eigenvalue weighted by molar-refractivity contribution is 0.0227. The van der Waals surface area contributed by atoms with Crippen LogP contribution in [-0.2, 0) is 14.2 Å². The minimum atomic E-state index is -0.622. The van der Waals surface area contributed by atoms with Crippen molar-refractivity contribution in [2.24, 2.45) is 0 Å². The van der Waals surface area contributed by atoms with Crippen molar-refractivity contribution < 1.29 is 19.3 Å². The van der Waals surface area contributed by atoms with Crippen LogP contribution in [0.1, 0.15) is 20.3 Å². The SMILES string of the molecule is CCC(C)(O)CNCCOCCOCCOC. The molecule has 0 fully saturated rings. The number of rotatable bonds is 12. The number of hydrogen-bond donors (Lipinski definition) is 2. The maximum Gasteiger partial charge on any atom is 0.0741 e. The topological polar surface area (TPSA) is 60.0 Å². The minimum absolute atomic E-state index is 0.593. The van der Waals surface area contributed by atoms with Crippen LogP contribution in [0, 0.1) is 0 Å². The molecule has 0 bridgehead atoms. The molecule has 0 saturated heterocycles. The molecule has 17 heavy (non-hydrogen) atoms. The number of hydrogen-bond acceptors (Lipinski definition) is 5. The molecule has 0 aliphatic rings.